The van der Waals surface area contributed by atoms with Crippen molar-refractivity contribution in [3.05, 3.63) is 34.4 Å². The van der Waals surface area contributed by atoms with Crippen molar-refractivity contribution in [3.8, 4) is 0 Å². The summed E-state index contributed by atoms with van der Waals surface area (Å²) in [6.07, 6.45) is 9.62. The minimum atomic E-state index is -0.590. The zero-order chi connectivity index (χ0) is 16.4. The predicted octanol–water partition coefficient (Wildman–Crippen LogP) is 3.30. The number of likely N-dealkylation sites (tertiary alicyclic amines) is 1. The topological polar surface area (TPSA) is 32.7 Å². The van der Waals surface area contributed by atoms with Crippen LogP contribution in [0.1, 0.15) is 26.2 Å². The zero-order valence-corrected chi connectivity index (χ0v) is 15.5. The Morgan fingerprint density at radius 1 is 1.30 bits per heavy atom. The molecule has 0 spiro atoms. The van der Waals surface area contributed by atoms with Gasteiger partial charge < -0.3 is 0 Å². The van der Waals surface area contributed by atoms with Gasteiger partial charge in [0.15, 0.2) is 0 Å². The number of allylic oxidation sites excluding steroid dienone is 6. The lowest BCUT2D eigenvalue weighted by molar-refractivity contribution is 0.155. The van der Waals surface area contributed by atoms with Crippen LogP contribution >= 0.6 is 11.6 Å². The van der Waals surface area contributed by atoms with Crippen molar-refractivity contribution in [1.82, 2.24) is 4.90 Å². The Morgan fingerprint density at radius 3 is 2.61 bits per heavy atom. The molecule has 23 heavy (non-hydrogen) atoms. The maximum atomic E-state index is 11.6. The summed E-state index contributed by atoms with van der Waals surface area (Å²) in [6.45, 7) is 4.19. The van der Waals surface area contributed by atoms with Gasteiger partial charge in [0.05, 0.1) is 5.71 Å². The molecular weight excluding hydrogens is 328 g/mol. The molecular formula is C18H25ClN2OS. The summed E-state index contributed by atoms with van der Waals surface area (Å²) in [5.41, 5.74) is 3.38. The fourth-order valence-corrected chi connectivity index (χ4v) is 5.68. The van der Waals surface area contributed by atoms with E-state index in [9.17, 15) is 4.21 Å². The van der Waals surface area contributed by atoms with E-state index in [-0.39, 0.29) is 0 Å². The number of piperidine rings is 1. The van der Waals surface area contributed by atoms with E-state index in [1.54, 1.807) is 0 Å². The molecule has 0 saturated carbocycles. The SMILES string of the molecule is C/C=C1/C=C(Cl)C(C2CCN(C3CCS(=O)C3)CC2)=CC1=NC. The van der Waals surface area contributed by atoms with Crippen molar-refractivity contribution in [2.75, 3.05) is 31.6 Å². The summed E-state index contributed by atoms with van der Waals surface area (Å²) in [5.74, 6) is 2.26. The second-order valence-corrected chi connectivity index (χ2v) is 8.54. The van der Waals surface area contributed by atoms with Gasteiger partial charge in [0.2, 0.25) is 0 Å². The normalized spacial score (nSPS) is 34.0. The molecule has 0 aromatic heterocycles. The lowest BCUT2D eigenvalue weighted by atomic mass is 9.84. The number of aliphatic imine (C=N–C) groups is 1. The number of hydrogen-bond acceptors (Lipinski definition) is 3. The van der Waals surface area contributed by atoms with Crippen LogP contribution in [-0.4, -0.2) is 52.5 Å². The molecule has 2 heterocycles. The number of nitrogens with zero attached hydrogens (tertiary/aromatic N) is 2. The summed E-state index contributed by atoms with van der Waals surface area (Å²) in [5, 5.41) is 0.867. The maximum Gasteiger partial charge on any atom is 0.0643 e. The quantitative estimate of drug-likeness (QED) is 0.763. The largest absolute Gasteiger partial charge is 0.299 e. The Kier molecular flexibility index (Phi) is 5.55. The number of hydrogen-bond donors (Lipinski definition) is 0. The minimum Gasteiger partial charge on any atom is -0.299 e. The summed E-state index contributed by atoms with van der Waals surface area (Å²) < 4.78 is 11.6. The highest BCUT2D eigenvalue weighted by atomic mass is 35.5. The Hall–Kier alpha value is -0.710. The molecule has 2 saturated heterocycles. The van der Waals surface area contributed by atoms with Gasteiger partial charge in [-0.3, -0.25) is 14.1 Å². The standard InChI is InChI=1S/C18H25ClN2OS/c1-3-13-10-17(19)16(11-18(13)20-2)14-4-7-21(8-5-14)15-6-9-23(22)12-15/h3,10-11,14-15H,4-9,12H2,1-2H3/b13-3-,20-18?. The van der Waals surface area contributed by atoms with Crippen LogP contribution in [0, 0.1) is 5.92 Å². The summed E-state index contributed by atoms with van der Waals surface area (Å²) >= 11 is 6.54. The Labute approximate surface area is 146 Å². The zero-order valence-electron chi connectivity index (χ0n) is 13.9. The van der Waals surface area contributed by atoms with Crippen molar-refractivity contribution >= 4 is 28.1 Å². The summed E-state index contributed by atoms with van der Waals surface area (Å²) in [7, 11) is 1.25. The van der Waals surface area contributed by atoms with Crippen LogP contribution in [0.5, 0.6) is 0 Å². The molecule has 0 aromatic rings. The van der Waals surface area contributed by atoms with Gasteiger partial charge in [-0.05, 0) is 68.5 Å². The molecule has 0 N–H and O–H groups in total. The van der Waals surface area contributed by atoms with Crippen molar-refractivity contribution in [1.29, 1.82) is 0 Å². The third-order valence-corrected chi connectivity index (χ3v) is 7.02. The molecule has 3 aliphatic rings. The van der Waals surface area contributed by atoms with Crippen LogP contribution < -0.4 is 0 Å². The molecule has 126 valence electrons. The molecule has 2 atom stereocenters. The predicted molar refractivity (Wildman–Crippen MR) is 99.7 cm³/mol. The maximum absolute atomic E-state index is 11.6. The molecule has 3 rings (SSSR count). The molecule has 2 unspecified atom stereocenters. The highest BCUT2D eigenvalue weighted by Crippen LogP contribution is 2.36. The van der Waals surface area contributed by atoms with Crippen LogP contribution in [0.2, 0.25) is 0 Å². The van der Waals surface area contributed by atoms with Gasteiger partial charge in [-0.2, -0.15) is 0 Å². The second kappa shape index (κ2) is 7.45. The molecule has 0 amide bonds. The monoisotopic (exact) mass is 352 g/mol. The van der Waals surface area contributed by atoms with Crippen molar-refractivity contribution in [2.45, 2.75) is 32.2 Å². The van der Waals surface area contributed by atoms with E-state index in [0.29, 0.717) is 12.0 Å². The first-order valence-corrected chi connectivity index (χ1v) is 10.3. The first-order chi connectivity index (χ1) is 11.1. The van der Waals surface area contributed by atoms with Crippen molar-refractivity contribution in [2.24, 2.45) is 10.9 Å². The molecule has 0 aromatic carbocycles. The molecule has 0 bridgehead atoms. The van der Waals surface area contributed by atoms with Gasteiger partial charge in [0.1, 0.15) is 0 Å². The van der Waals surface area contributed by atoms with Gasteiger partial charge in [-0.25, -0.2) is 0 Å². The fourth-order valence-electron chi connectivity index (χ4n) is 3.84. The van der Waals surface area contributed by atoms with Crippen molar-refractivity contribution in [3.63, 3.8) is 0 Å². The molecule has 3 nitrogen and oxygen atoms in total. The van der Waals surface area contributed by atoms with Crippen LogP contribution in [0.25, 0.3) is 0 Å². The molecule has 5 heteroatoms. The van der Waals surface area contributed by atoms with E-state index < -0.39 is 10.8 Å². The fraction of sp³-hybridized carbons (Fsp3) is 0.611. The third kappa shape index (κ3) is 3.70. The van der Waals surface area contributed by atoms with E-state index >= 15 is 0 Å². The van der Waals surface area contributed by atoms with E-state index in [2.05, 4.69) is 22.0 Å². The smallest absolute Gasteiger partial charge is 0.0643 e. The lowest BCUT2D eigenvalue weighted by Crippen LogP contribution is -2.42. The Morgan fingerprint density at radius 2 is 2.04 bits per heavy atom. The second-order valence-electron chi connectivity index (χ2n) is 6.51. The number of rotatable bonds is 2. The van der Waals surface area contributed by atoms with Gasteiger partial charge in [0, 0.05) is 40.4 Å². The summed E-state index contributed by atoms with van der Waals surface area (Å²) in [4.78, 5) is 6.93. The number of halogens is 1. The van der Waals surface area contributed by atoms with E-state index in [1.807, 2.05) is 20.0 Å². The van der Waals surface area contributed by atoms with Crippen LogP contribution in [0.4, 0.5) is 0 Å². The van der Waals surface area contributed by atoms with Crippen molar-refractivity contribution < 1.29 is 4.21 Å². The van der Waals surface area contributed by atoms with E-state index in [1.165, 1.54) is 5.57 Å². The van der Waals surface area contributed by atoms with E-state index in [4.69, 9.17) is 11.6 Å². The lowest BCUT2D eigenvalue weighted by Gasteiger charge is -2.37. The molecule has 2 fully saturated rings. The Bertz CT molecular complexity index is 613. The van der Waals surface area contributed by atoms with Gasteiger partial charge in [0.25, 0.3) is 0 Å². The Balaban J connectivity index is 1.67. The average Bonchev–Trinajstić information content (AvgIpc) is 3.01. The highest BCUT2D eigenvalue weighted by Gasteiger charge is 2.32. The van der Waals surface area contributed by atoms with Crippen LogP contribution in [0.15, 0.2) is 39.4 Å². The van der Waals surface area contributed by atoms with Gasteiger partial charge >= 0.3 is 0 Å². The first kappa shape index (κ1) is 17.1. The van der Waals surface area contributed by atoms with E-state index in [0.717, 1.165) is 60.2 Å². The molecule has 1 aliphatic carbocycles. The van der Waals surface area contributed by atoms with Crippen LogP contribution in [-0.2, 0) is 10.8 Å². The molecule has 2 aliphatic heterocycles. The molecule has 0 radical (unpaired) electrons. The average molecular weight is 353 g/mol. The highest BCUT2D eigenvalue weighted by molar-refractivity contribution is 7.85. The third-order valence-electron chi connectivity index (χ3n) is 5.24. The van der Waals surface area contributed by atoms with Crippen LogP contribution in [0.3, 0.4) is 0 Å². The first-order valence-electron chi connectivity index (χ1n) is 8.44. The van der Waals surface area contributed by atoms with Gasteiger partial charge in [-0.15, -0.1) is 0 Å². The summed E-state index contributed by atoms with van der Waals surface area (Å²) in [6, 6.07) is 0.533. The minimum absolute atomic E-state index is 0.511. The van der Waals surface area contributed by atoms with Gasteiger partial charge in [-0.1, -0.05) is 17.7 Å².